The van der Waals surface area contributed by atoms with Crippen LogP contribution in [0.1, 0.15) is 29.7 Å². The molecule has 0 unspecified atom stereocenters. The summed E-state index contributed by atoms with van der Waals surface area (Å²) >= 11 is 0. The molecule has 1 aliphatic heterocycles. The molecule has 1 aromatic heterocycles. The van der Waals surface area contributed by atoms with Crippen LogP contribution in [0.3, 0.4) is 0 Å². The van der Waals surface area contributed by atoms with E-state index < -0.39 is 0 Å². The highest BCUT2D eigenvalue weighted by atomic mass is 16.5. The van der Waals surface area contributed by atoms with Crippen LogP contribution in [-0.4, -0.2) is 43.2 Å². The number of nitrogens with one attached hydrogen (secondary N) is 1. The van der Waals surface area contributed by atoms with Gasteiger partial charge in [-0.05, 0) is 46.8 Å². The molecular weight excluding hydrogens is 238 g/mol. The fourth-order valence-electron chi connectivity index (χ4n) is 2.84. The molecule has 2 heterocycles. The van der Waals surface area contributed by atoms with Gasteiger partial charge in [-0.2, -0.15) is 0 Å². The van der Waals surface area contributed by atoms with Crippen LogP contribution in [0.5, 0.6) is 5.75 Å². The van der Waals surface area contributed by atoms with Crippen LogP contribution >= 0.6 is 0 Å². The van der Waals surface area contributed by atoms with Crippen molar-refractivity contribution in [2.45, 2.75) is 39.3 Å². The van der Waals surface area contributed by atoms with E-state index in [0.717, 1.165) is 36.6 Å². The van der Waals surface area contributed by atoms with Gasteiger partial charge in [0, 0.05) is 29.9 Å². The van der Waals surface area contributed by atoms with Gasteiger partial charge in [-0.1, -0.05) is 0 Å². The number of hydrogen-bond donors (Lipinski definition) is 1. The summed E-state index contributed by atoms with van der Waals surface area (Å²) in [6.45, 7) is 7.29. The highest BCUT2D eigenvalue weighted by Crippen LogP contribution is 2.25. The van der Waals surface area contributed by atoms with Crippen LogP contribution in [0.25, 0.3) is 0 Å². The number of aromatic nitrogens is 1. The molecule has 0 aromatic carbocycles. The predicted molar refractivity (Wildman–Crippen MR) is 77.6 cm³/mol. The molecule has 4 nitrogen and oxygen atoms in total. The third-order valence-corrected chi connectivity index (χ3v) is 4.08. The average Bonchev–Trinajstić information content (AvgIpc) is 2.43. The highest BCUT2D eigenvalue weighted by molar-refractivity contribution is 5.41. The SMILES string of the molecule is COc1c(C)cnc(CN(C)C2CCNCC2)c1C. The lowest BCUT2D eigenvalue weighted by atomic mass is 10.0. The Hall–Kier alpha value is -1.13. The van der Waals surface area contributed by atoms with E-state index in [4.69, 9.17) is 4.74 Å². The Balaban J connectivity index is 2.10. The summed E-state index contributed by atoms with van der Waals surface area (Å²) in [5, 5.41) is 3.41. The van der Waals surface area contributed by atoms with Gasteiger partial charge in [0.25, 0.3) is 0 Å². The summed E-state index contributed by atoms with van der Waals surface area (Å²) < 4.78 is 5.47. The molecule has 106 valence electrons. The van der Waals surface area contributed by atoms with E-state index in [0.29, 0.717) is 6.04 Å². The standard InChI is InChI=1S/C15H25N3O/c1-11-9-17-14(12(2)15(11)19-4)10-18(3)13-5-7-16-8-6-13/h9,13,16H,5-8,10H2,1-4H3. The Morgan fingerprint density at radius 3 is 2.68 bits per heavy atom. The van der Waals surface area contributed by atoms with Gasteiger partial charge >= 0.3 is 0 Å². The van der Waals surface area contributed by atoms with Crippen LogP contribution in [0.4, 0.5) is 0 Å². The van der Waals surface area contributed by atoms with Crippen molar-refractivity contribution >= 4 is 0 Å². The molecule has 0 atom stereocenters. The summed E-state index contributed by atoms with van der Waals surface area (Å²) in [7, 11) is 3.93. The summed E-state index contributed by atoms with van der Waals surface area (Å²) in [4.78, 5) is 7.01. The number of methoxy groups -OCH3 is 1. The molecule has 1 saturated heterocycles. The van der Waals surface area contributed by atoms with Crippen molar-refractivity contribution in [3.05, 3.63) is 23.0 Å². The van der Waals surface area contributed by atoms with Crippen molar-refractivity contribution in [1.29, 1.82) is 0 Å². The van der Waals surface area contributed by atoms with Crippen molar-refractivity contribution in [1.82, 2.24) is 15.2 Å². The maximum atomic E-state index is 5.47. The molecule has 1 aliphatic rings. The van der Waals surface area contributed by atoms with E-state index in [1.54, 1.807) is 7.11 Å². The van der Waals surface area contributed by atoms with Crippen molar-refractivity contribution in [2.24, 2.45) is 0 Å². The molecule has 0 amide bonds. The molecule has 1 N–H and O–H groups in total. The largest absolute Gasteiger partial charge is 0.496 e. The van der Waals surface area contributed by atoms with Crippen LogP contribution in [0, 0.1) is 13.8 Å². The first-order valence-corrected chi connectivity index (χ1v) is 7.03. The lowest BCUT2D eigenvalue weighted by Crippen LogP contribution is -2.40. The van der Waals surface area contributed by atoms with E-state index in [-0.39, 0.29) is 0 Å². The van der Waals surface area contributed by atoms with Gasteiger partial charge in [-0.15, -0.1) is 0 Å². The van der Waals surface area contributed by atoms with Crippen LogP contribution < -0.4 is 10.1 Å². The maximum Gasteiger partial charge on any atom is 0.128 e. The number of rotatable bonds is 4. The molecule has 0 radical (unpaired) electrons. The zero-order valence-electron chi connectivity index (χ0n) is 12.5. The van der Waals surface area contributed by atoms with E-state index in [9.17, 15) is 0 Å². The zero-order valence-corrected chi connectivity index (χ0v) is 12.5. The monoisotopic (exact) mass is 263 g/mol. The second kappa shape index (κ2) is 6.35. The molecule has 0 aliphatic carbocycles. The smallest absolute Gasteiger partial charge is 0.128 e. The third-order valence-electron chi connectivity index (χ3n) is 4.08. The van der Waals surface area contributed by atoms with Gasteiger partial charge in [0.1, 0.15) is 5.75 Å². The van der Waals surface area contributed by atoms with E-state index >= 15 is 0 Å². The third kappa shape index (κ3) is 3.25. The van der Waals surface area contributed by atoms with Gasteiger partial charge in [0.05, 0.1) is 12.8 Å². The Labute approximate surface area is 116 Å². The fraction of sp³-hybridized carbons (Fsp3) is 0.667. The number of aryl methyl sites for hydroxylation is 1. The van der Waals surface area contributed by atoms with E-state index in [1.807, 2.05) is 13.1 Å². The van der Waals surface area contributed by atoms with Gasteiger partial charge in [-0.25, -0.2) is 0 Å². The number of nitrogens with zero attached hydrogens (tertiary/aromatic N) is 2. The second-order valence-electron chi connectivity index (χ2n) is 5.44. The normalized spacial score (nSPS) is 16.9. The second-order valence-corrected chi connectivity index (χ2v) is 5.44. The summed E-state index contributed by atoms with van der Waals surface area (Å²) in [5.74, 6) is 0.976. The van der Waals surface area contributed by atoms with Gasteiger partial charge in [0.2, 0.25) is 0 Å². The summed E-state index contributed by atoms with van der Waals surface area (Å²) in [6.07, 6.45) is 4.36. The van der Waals surface area contributed by atoms with E-state index in [1.165, 1.54) is 18.4 Å². The summed E-state index contributed by atoms with van der Waals surface area (Å²) in [6, 6.07) is 0.662. The van der Waals surface area contributed by atoms with Crippen molar-refractivity contribution < 1.29 is 4.74 Å². The minimum atomic E-state index is 0.662. The fourth-order valence-corrected chi connectivity index (χ4v) is 2.84. The Morgan fingerprint density at radius 2 is 2.05 bits per heavy atom. The molecule has 0 bridgehead atoms. The number of hydrogen-bond acceptors (Lipinski definition) is 4. The maximum absolute atomic E-state index is 5.47. The molecule has 19 heavy (non-hydrogen) atoms. The molecule has 0 spiro atoms. The van der Waals surface area contributed by atoms with Crippen LogP contribution in [0.15, 0.2) is 6.20 Å². The zero-order chi connectivity index (χ0) is 13.8. The molecule has 1 fully saturated rings. The Bertz CT molecular complexity index is 428. The quantitative estimate of drug-likeness (QED) is 0.900. The molecule has 0 saturated carbocycles. The summed E-state index contributed by atoms with van der Waals surface area (Å²) in [5.41, 5.74) is 3.40. The topological polar surface area (TPSA) is 37.4 Å². The Morgan fingerprint density at radius 1 is 1.37 bits per heavy atom. The van der Waals surface area contributed by atoms with Crippen molar-refractivity contribution in [2.75, 3.05) is 27.2 Å². The Kier molecular flexibility index (Phi) is 4.77. The first-order chi connectivity index (χ1) is 9.13. The molecular formula is C15H25N3O. The number of pyridine rings is 1. The first-order valence-electron chi connectivity index (χ1n) is 7.03. The van der Waals surface area contributed by atoms with Crippen LogP contribution in [0.2, 0.25) is 0 Å². The average molecular weight is 263 g/mol. The van der Waals surface area contributed by atoms with Gasteiger partial charge < -0.3 is 10.1 Å². The van der Waals surface area contributed by atoms with Gasteiger partial charge in [-0.3, -0.25) is 9.88 Å². The minimum Gasteiger partial charge on any atom is -0.496 e. The number of ether oxygens (including phenoxy) is 1. The minimum absolute atomic E-state index is 0.662. The number of piperidine rings is 1. The first kappa shape index (κ1) is 14.3. The lowest BCUT2D eigenvalue weighted by Gasteiger charge is -2.31. The van der Waals surface area contributed by atoms with Crippen molar-refractivity contribution in [3.8, 4) is 5.75 Å². The molecule has 1 aromatic rings. The molecule has 2 rings (SSSR count). The lowest BCUT2D eigenvalue weighted by molar-refractivity contribution is 0.189. The van der Waals surface area contributed by atoms with Crippen LogP contribution in [-0.2, 0) is 6.54 Å². The van der Waals surface area contributed by atoms with E-state index in [2.05, 4.69) is 29.2 Å². The highest BCUT2D eigenvalue weighted by Gasteiger charge is 2.19. The van der Waals surface area contributed by atoms with Crippen molar-refractivity contribution in [3.63, 3.8) is 0 Å². The predicted octanol–water partition coefficient (Wildman–Crippen LogP) is 1.89. The van der Waals surface area contributed by atoms with Gasteiger partial charge in [0.15, 0.2) is 0 Å². The molecule has 4 heteroatoms.